The lowest BCUT2D eigenvalue weighted by atomic mass is 10.1. The molecule has 140 valence electrons. The van der Waals surface area contributed by atoms with Gasteiger partial charge in [0.25, 0.3) is 0 Å². The maximum absolute atomic E-state index is 11.5. The molecule has 0 bridgehead atoms. The molecule has 1 amide bonds. The molecule has 0 radical (unpaired) electrons. The molecule has 0 aromatic rings. The number of carbonyl (C=O) groups is 1. The lowest BCUT2D eigenvalue weighted by Crippen LogP contribution is -2.34. The molecule has 0 unspecified atom stereocenters. The summed E-state index contributed by atoms with van der Waals surface area (Å²) in [4.78, 5) is 11.5. The maximum atomic E-state index is 11.5. The summed E-state index contributed by atoms with van der Waals surface area (Å²) in [6, 6.07) is -0.129. The van der Waals surface area contributed by atoms with Gasteiger partial charge in [0.15, 0.2) is 0 Å². The largest absolute Gasteiger partial charge is 0.394 e. The third-order valence-electron chi connectivity index (χ3n) is 4.04. The predicted molar refractivity (Wildman–Crippen MR) is 104 cm³/mol. The van der Waals surface area contributed by atoms with Gasteiger partial charge in [0.1, 0.15) is 0 Å². The average molecular weight is 338 g/mol. The molecule has 1 atom stereocenters. The number of unbranched alkanes of at least 4 members (excludes halogenated alkanes) is 8. The fourth-order valence-corrected chi connectivity index (χ4v) is 2.49. The van der Waals surface area contributed by atoms with Crippen LogP contribution in [0, 0.1) is 0 Å². The molecule has 0 saturated carbocycles. The van der Waals surface area contributed by atoms with Crippen molar-refractivity contribution in [1.82, 2.24) is 5.32 Å². The van der Waals surface area contributed by atoms with Crippen molar-refractivity contribution in [2.75, 3.05) is 6.61 Å². The molecule has 2 N–H and O–H groups in total. The van der Waals surface area contributed by atoms with Crippen LogP contribution < -0.4 is 5.32 Å². The van der Waals surface area contributed by atoms with Crippen molar-refractivity contribution >= 4 is 5.91 Å². The Kier molecular flexibility index (Phi) is 17.4. The van der Waals surface area contributed by atoms with E-state index in [2.05, 4.69) is 36.5 Å². The normalized spacial score (nSPS) is 13.0. The first kappa shape index (κ1) is 22.9. The van der Waals surface area contributed by atoms with Gasteiger partial charge in [-0.05, 0) is 45.4 Å². The highest BCUT2D eigenvalue weighted by Crippen LogP contribution is 2.08. The molecule has 0 heterocycles. The summed E-state index contributed by atoms with van der Waals surface area (Å²) in [5.41, 5.74) is 0. The average Bonchev–Trinajstić information content (AvgIpc) is 2.58. The van der Waals surface area contributed by atoms with Crippen molar-refractivity contribution in [2.24, 2.45) is 0 Å². The zero-order valence-electron chi connectivity index (χ0n) is 15.9. The Morgan fingerprint density at radius 1 is 0.917 bits per heavy atom. The van der Waals surface area contributed by atoms with Crippen LogP contribution in [0.15, 0.2) is 24.3 Å². The predicted octanol–water partition coefficient (Wildman–Crippen LogP) is 5.30. The zero-order valence-corrected chi connectivity index (χ0v) is 15.9. The Morgan fingerprint density at radius 2 is 1.50 bits per heavy atom. The molecule has 0 aliphatic heterocycles. The van der Waals surface area contributed by atoms with Crippen LogP contribution in [0.3, 0.4) is 0 Å². The van der Waals surface area contributed by atoms with Gasteiger partial charge in [0.05, 0.1) is 6.61 Å². The Labute approximate surface area is 149 Å². The summed E-state index contributed by atoms with van der Waals surface area (Å²) in [5, 5.41) is 11.6. The number of rotatable bonds is 16. The molecular weight excluding hydrogens is 298 g/mol. The van der Waals surface area contributed by atoms with Crippen LogP contribution in [0.1, 0.15) is 90.9 Å². The van der Waals surface area contributed by atoms with Crippen LogP contribution in [0.2, 0.25) is 0 Å². The van der Waals surface area contributed by atoms with Gasteiger partial charge in [0, 0.05) is 12.5 Å². The van der Waals surface area contributed by atoms with Gasteiger partial charge in [-0.2, -0.15) is 0 Å². The first-order valence-electron chi connectivity index (χ1n) is 9.90. The van der Waals surface area contributed by atoms with E-state index in [0.29, 0.717) is 6.42 Å². The van der Waals surface area contributed by atoms with Gasteiger partial charge in [-0.3, -0.25) is 4.79 Å². The van der Waals surface area contributed by atoms with E-state index in [1.165, 1.54) is 44.9 Å². The third-order valence-corrected chi connectivity index (χ3v) is 4.04. The van der Waals surface area contributed by atoms with Crippen LogP contribution in [-0.2, 0) is 4.79 Å². The van der Waals surface area contributed by atoms with E-state index in [1.807, 2.05) is 6.92 Å². The highest BCUT2D eigenvalue weighted by molar-refractivity contribution is 5.76. The van der Waals surface area contributed by atoms with Crippen molar-refractivity contribution in [1.29, 1.82) is 0 Å². The molecule has 0 saturated heterocycles. The van der Waals surface area contributed by atoms with E-state index >= 15 is 0 Å². The van der Waals surface area contributed by atoms with Crippen molar-refractivity contribution < 1.29 is 9.90 Å². The highest BCUT2D eigenvalue weighted by atomic mass is 16.3. The monoisotopic (exact) mass is 337 g/mol. The van der Waals surface area contributed by atoms with Gasteiger partial charge in [-0.1, -0.05) is 63.3 Å². The second kappa shape index (κ2) is 18.3. The number of nitrogens with one attached hydrogen (secondary N) is 1. The summed E-state index contributed by atoms with van der Waals surface area (Å²) in [6.07, 6.45) is 22.9. The lowest BCUT2D eigenvalue weighted by Gasteiger charge is -2.10. The molecule has 0 aliphatic rings. The van der Waals surface area contributed by atoms with Crippen LogP contribution in [-0.4, -0.2) is 23.7 Å². The fourth-order valence-electron chi connectivity index (χ4n) is 2.49. The molecule has 0 aromatic heterocycles. The van der Waals surface area contributed by atoms with Crippen molar-refractivity contribution in [3.63, 3.8) is 0 Å². The number of allylic oxidation sites excluding steroid dienone is 4. The molecule has 0 spiro atoms. The summed E-state index contributed by atoms with van der Waals surface area (Å²) in [5.74, 6) is 0.0576. The lowest BCUT2D eigenvalue weighted by molar-refractivity contribution is -0.122. The van der Waals surface area contributed by atoms with Crippen LogP contribution >= 0.6 is 0 Å². The van der Waals surface area contributed by atoms with Crippen molar-refractivity contribution in [3.8, 4) is 0 Å². The summed E-state index contributed by atoms with van der Waals surface area (Å²) in [7, 11) is 0. The zero-order chi connectivity index (χ0) is 17.9. The number of hydrogen-bond donors (Lipinski definition) is 2. The van der Waals surface area contributed by atoms with E-state index in [9.17, 15) is 4.79 Å². The molecule has 0 aliphatic carbocycles. The van der Waals surface area contributed by atoms with E-state index in [1.54, 1.807) is 0 Å². The number of hydrogen-bond acceptors (Lipinski definition) is 2. The maximum Gasteiger partial charge on any atom is 0.220 e. The van der Waals surface area contributed by atoms with Gasteiger partial charge in [-0.15, -0.1) is 0 Å². The summed E-state index contributed by atoms with van der Waals surface area (Å²) in [6.45, 7) is 4.06. The molecule has 0 fully saturated rings. The van der Waals surface area contributed by atoms with Crippen LogP contribution in [0.5, 0.6) is 0 Å². The summed E-state index contributed by atoms with van der Waals surface area (Å²) >= 11 is 0. The standard InChI is InChI=1S/C21H39NO2/c1-3-4-5-6-7-8-9-10-11-12-13-14-15-16-17-18-21(24)22-20(2)19-23/h7-8,10-11,20,23H,3-6,9,12-19H2,1-2H3,(H,22,24)/t20-/m1/s1. The van der Waals surface area contributed by atoms with Crippen LogP contribution in [0.4, 0.5) is 0 Å². The van der Waals surface area contributed by atoms with E-state index in [4.69, 9.17) is 5.11 Å². The van der Waals surface area contributed by atoms with Crippen molar-refractivity contribution in [2.45, 2.75) is 96.9 Å². The molecular formula is C21H39NO2. The number of amides is 1. The fraction of sp³-hybridized carbons (Fsp3) is 0.762. The van der Waals surface area contributed by atoms with Gasteiger partial charge < -0.3 is 10.4 Å². The minimum absolute atomic E-state index is 0.00784. The quantitative estimate of drug-likeness (QED) is 0.297. The van der Waals surface area contributed by atoms with Gasteiger partial charge in [0.2, 0.25) is 5.91 Å². The first-order valence-corrected chi connectivity index (χ1v) is 9.90. The van der Waals surface area contributed by atoms with Gasteiger partial charge in [-0.25, -0.2) is 0 Å². The third kappa shape index (κ3) is 17.3. The van der Waals surface area contributed by atoms with E-state index in [0.717, 1.165) is 25.7 Å². The highest BCUT2D eigenvalue weighted by Gasteiger charge is 2.04. The minimum Gasteiger partial charge on any atom is -0.394 e. The van der Waals surface area contributed by atoms with Crippen molar-refractivity contribution in [3.05, 3.63) is 24.3 Å². The second-order valence-corrected chi connectivity index (χ2v) is 6.63. The minimum atomic E-state index is -0.129. The SMILES string of the molecule is CCCCCC=CCC=CCCCCCCCC(=O)N[C@H](C)CO. The number of carbonyl (C=O) groups excluding carboxylic acids is 1. The van der Waals surface area contributed by atoms with E-state index < -0.39 is 0 Å². The van der Waals surface area contributed by atoms with Gasteiger partial charge >= 0.3 is 0 Å². The second-order valence-electron chi connectivity index (χ2n) is 6.63. The Balaban J connectivity index is 3.30. The Hall–Kier alpha value is -1.09. The Bertz CT molecular complexity index is 337. The number of aliphatic hydroxyl groups excluding tert-OH is 1. The molecule has 0 aromatic carbocycles. The number of aliphatic hydroxyl groups is 1. The molecule has 3 heteroatoms. The Morgan fingerprint density at radius 3 is 2.12 bits per heavy atom. The summed E-state index contributed by atoms with van der Waals surface area (Å²) < 4.78 is 0. The topological polar surface area (TPSA) is 49.3 Å². The molecule has 3 nitrogen and oxygen atoms in total. The molecule has 0 rings (SSSR count). The molecule has 24 heavy (non-hydrogen) atoms. The first-order chi connectivity index (χ1) is 11.7. The van der Waals surface area contributed by atoms with E-state index in [-0.39, 0.29) is 18.6 Å². The van der Waals surface area contributed by atoms with Crippen LogP contribution in [0.25, 0.3) is 0 Å². The smallest absolute Gasteiger partial charge is 0.220 e.